The molecule has 0 saturated carbocycles. The van der Waals surface area contributed by atoms with E-state index in [0.29, 0.717) is 5.02 Å². The molecule has 0 N–H and O–H groups in total. The second kappa shape index (κ2) is 6.72. The number of nitrogens with zero attached hydrogens (tertiary/aromatic N) is 4. The maximum absolute atomic E-state index is 12.8. The standard InChI is InChI=1S/C14H7Cl2FN4O2/c15-8-4-18-13(19-5-8)22-11-3-1-2-10(16)12(11)23-14-20-6-9(17)7-21-14/h1-7H. The van der Waals surface area contributed by atoms with Gasteiger partial charge in [0, 0.05) is 0 Å². The van der Waals surface area contributed by atoms with E-state index in [0.717, 1.165) is 12.4 Å². The Hall–Kier alpha value is -2.51. The summed E-state index contributed by atoms with van der Waals surface area (Å²) in [5.41, 5.74) is 0. The minimum atomic E-state index is -0.581. The fourth-order valence-electron chi connectivity index (χ4n) is 1.56. The van der Waals surface area contributed by atoms with Crippen molar-refractivity contribution >= 4 is 23.2 Å². The molecule has 0 atom stereocenters. The van der Waals surface area contributed by atoms with Gasteiger partial charge < -0.3 is 9.47 Å². The van der Waals surface area contributed by atoms with E-state index >= 15 is 0 Å². The largest absolute Gasteiger partial charge is 0.420 e. The SMILES string of the molecule is Fc1cnc(Oc2c(Cl)cccc2Oc2ncc(Cl)cn2)nc1. The van der Waals surface area contributed by atoms with Crippen LogP contribution in [0.5, 0.6) is 23.5 Å². The summed E-state index contributed by atoms with van der Waals surface area (Å²) in [7, 11) is 0. The van der Waals surface area contributed by atoms with Gasteiger partial charge in [-0.05, 0) is 12.1 Å². The molecule has 23 heavy (non-hydrogen) atoms. The molecule has 2 aromatic heterocycles. The van der Waals surface area contributed by atoms with Crippen molar-refractivity contribution < 1.29 is 13.9 Å². The molecule has 0 unspecified atom stereocenters. The van der Waals surface area contributed by atoms with Crippen molar-refractivity contribution in [2.75, 3.05) is 0 Å². The first-order chi connectivity index (χ1) is 11.1. The highest BCUT2D eigenvalue weighted by Crippen LogP contribution is 2.38. The predicted molar refractivity (Wildman–Crippen MR) is 80.6 cm³/mol. The lowest BCUT2D eigenvalue weighted by Crippen LogP contribution is -1.97. The zero-order valence-electron chi connectivity index (χ0n) is 11.3. The third-order valence-electron chi connectivity index (χ3n) is 2.52. The fourth-order valence-corrected chi connectivity index (χ4v) is 1.87. The van der Waals surface area contributed by atoms with Crippen LogP contribution in [0.15, 0.2) is 43.0 Å². The molecule has 6 nitrogen and oxygen atoms in total. The molecule has 116 valence electrons. The molecule has 0 amide bonds. The van der Waals surface area contributed by atoms with Crippen molar-refractivity contribution in [3.05, 3.63) is 58.8 Å². The van der Waals surface area contributed by atoms with Crippen LogP contribution in [-0.4, -0.2) is 19.9 Å². The maximum Gasteiger partial charge on any atom is 0.322 e. The molecular formula is C14H7Cl2FN4O2. The number of aromatic nitrogens is 4. The van der Waals surface area contributed by atoms with Crippen LogP contribution in [0.2, 0.25) is 10.0 Å². The molecule has 0 fully saturated rings. The number of ether oxygens (including phenoxy) is 2. The third-order valence-corrected chi connectivity index (χ3v) is 3.01. The highest BCUT2D eigenvalue weighted by atomic mass is 35.5. The number of halogens is 3. The molecule has 2 heterocycles. The van der Waals surface area contributed by atoms with Crippen molar-refractivity contribution in [3.63, 3.8) is 0 Å². The van der Waals surface area contributed by atoms with E-state index in [9.17, 15) is 4.39 Å². The van der Waals surface area contributed by atoms with Crippen LogP contribution in [0.4, 0.5) is 4.39 Å². The average Bonchev–Trinajstić information content (AvgIpc) is 2.55. The highest BCUT2D eigenvalue weighted by molar-refractivity contribution is 6.32. The quantitative estimate of drug-likeness (QED) is 0.697. The van der Waals surface area contributed by atoms with Gasteiger partial charge in [-0.1, -0.05) is 29.3 Å². The number of benzene rings is 1. The molecule has 0 aliphatic rings. The van der Waals surface area contributed by atoms with E-state index in [-0.39, 0.29) is 28.5 Å². The Morgan fingerprint density at radius 1 is 0.826 bits per heavy atom. The lowest BCUT2D eigenvalue weighted by atomic mass is 10.3. The van der Waals surface area contributed by atoms with Gasteiger partial charge >= 0.3 is 12.0 Å². The topological polar surface area (TPSA) is 70.0 Å². The first kappa shape index (κ1) is 15.4. The molecule has 0 aliphatic heterocycles. The first-order valence-electron chi connectivity index (χ1n) is 6.21. The van der Waals surface area contributed by atoms with E-state index < -0.39 is 5.82 Å². The van der Waals surface area contributed by atoms with Crippen LogP contribution in [0, 0.1) is 5.82 Å². The van der Waals surface area contributed by atoms with Gasteiger partial charge in [-0.25, -0.2) is 24.3 Å². The van der Waals surface area contributed by atoms with Gasteiger partial charge in [0.1, 0.15) is 0 Å². The summed E-state index contributed by atoms with van der Waals surface area (Å²) >= 11 is 11.8. The zero-order chi connectivity index (χ0) is 16.2. The lowest BCUT2D eigenvalue weighted by Gasteiger charge is -2.11. The molecule has 0 bridgehead atoms. The molecule has 0 radical (unpaired) electrons. The minimum Gasteiger partial charge on any atom is -0.420 e. The Bertz CT molecular complexity index is 816. The van der Waals surface area contributed by atoms with Crippen LogP contribution in [-0.2, 0) is 0 Å². The van der Waals surface area contributed by atoms with Gasteiger partial charge in [-0.3, -0.25) is 0 Å². The normalized spacial score (nSPS) is 10.4. The zero-order valence-corrected chi connectivity index (χ0v) is 12.8. The summed E-state index contributed by atoms with van der Waals surface area (Å²) in [6, 6.07) is 4.83. The monoisotopic (exact) mass is 352 g/mol. The minimum absolute atomic E-state index is 0.0570. The number of hydrogen-bond acceptors (Lipinski definition) is 6. The Labute approximate surface area is 139 Å². The molecule has 3 aromatic rings. The van der Waals surface area contributed by atoms with Gasteiger partial charge in [0.15, 0.2) is 17.3 Å². The van der Waals surface area contributed by atoms with Crippen molar-refractivity contribution in [1.29, 1.82) is 0 Å². The van der Waals surface area contributed by atoms with Crippen molar-refractivity contribution in [2.45, 2.75) is 0 Å². The summed E-state index contributed by atoms with van der Waals surface area (Å²) in [5.74, 6) is -0.186. The van der Waals surface area contributed by atoms with Gasteiger partial charge in [0.05, 0.1) is 34.8 Å². The number of para-hydroxylation sites is 1. The number of hydrogen-bond donors (Lipinski definition) is 0. The Morgan fingerprint density at radius 2 is 1.43 bits per heavy atom. The second-order valence-corrected chi connectivity index (χ2v) is 4.98. The number of rotatable bonds is 4. The first-order valence-corrected chi connectivity index (χ1v) is 6.97. The summed E-state index contributed by atoms with van der Waals surface area (Å²) in [6.45, 7) is 0. The van der Waals surface area contributed by atoms with E-state index in [1.165, 1.54) is 12.4 Å². The van der Waals surface area contributed by atoms with Gasteiger partial charge in [0.2, 0.25) is 0 Å². The molecule has 0 aliphatic carbocycles. The summed E-state index contributed by atoms with van der Waals surface area (Å²) < 4.78 is 23.8. The highest BCUT2D eigenvalue weighted by Gasteiger charge is 2.14. The molecular weight excluding hydrogens is 346 g/mol. The van der Waals surface area contributed by atoms with Gasteiger partial charge in [0.25, 0.3) is 0 Å². The Morgan fingerprint density at radius 3 is 2.13 bits per heavy atom. The lowest BCUT2D eigenvalue weighted by molar-refractivity contribution is 0.382. The van der Waals surface area contributed by atoms with Crippen molar-refractivity contribution in [3.8, 4) is 23.5 Å². The van der Waals surface area contributed by atoms with Crippen LogP contribution in [0.3, 0.4) is 0 Å². The average molecular weight is 353 g/mol. The van der Waals surface area contributed by atoms with E-state index in [1.54, 1.807) is 18.2 Å². The Balaban J connectivity index is 1.90. The Kier molecular flexibility index (Phi) is 4.50. The summed E-state index contributed by atoms with van der Waals surface area (Å²) in [4.78, 5) is 15.2. The second-order valence-electron chi connectivity index (χ2n) is 4.14. The third kappa shape index (κ3) is 3.82. The van der Waals surface area contributed by atoms with Crippen LogP contribution < -0.4 is 9.47 Å². The molecule has 0 saturated heterocycles. The molecule has 3 rings (SSSR count). The summed E-state index contributed by atoms with van der Waals surface area (Å²) in [5, 5.41) is 0.629. The van der Waals surface area contributed by atoms with Crippen molar-refractivity contribution in [1.82, 2.24) is 19.9 Å². The van der Waals surface area contributed by atoms with Gasteiger partial charge in [-0.2, -0.15) is 0 Å². The van der Waals surface area contributed by atoms with Gasteiger partial charge in [-0.15, -0.1) is 0 Å². The maximum atomic E-state index is 12.8. The molecule has 9 heteroatoms. The van der Waals surface area contributed by atoms with Crippen LogP contribution >= 0.6 is 23.2 Å². The molecule has 0 spiro atoms. The van der Waals surface area contributed by atoms with E-state index in [4.69, 9.17) is 32.7 Å². The van der Waals surface area contributed by atoms with E-state index in [2.05, 4.69) is 19.9 Å². The van der Waals surface area contributed by atoms with Crippen LogP contribution in [0.25, 0.3) is 0 Å². The van der Waals surface area contributed by atoms with Crippen molar-refractivity contribution in [2.24, 2.45) is 0 Å². The summed E-state index contributed by atoms with van der Waals surface area (Å²) in [6.07, 6.45) is 4.72. The predicted octanol–water partition coefficient (Wildman–Crippen LogP) is 4.30. The smallest absolute Gasteiger partial charge is 0.322 e. The van der Waals surface area contributed by atoms with Crippen LogP contribution in [0.1, 0.15) is 0 Å². The molecule has 1 aromatic carbocycles. The van der Waals surface area contributed by atoms with E-state index in [1.807, 2.05) is 0 Å². The fraction of sp³-hybridized carbons (Fsp3) is 0.